The van der Waals surface area contributed by atoms with Crippen molar-refractivity contribution in [2.45, 2.75) is 63.6 Å². The molecular formula is C21H32IN5. The largest absolute Gasteiger partial charge is 0.354 e. The van der Waals surface area contributed by atoms with Crippen molar-refractivity contribution in [2.75, 3.05) is 20.1 Å². The predicted octanol–water partition coefficient (Wildman–Crippen LogP) is 3.64. The number of likely N-dealkylation sites (tertiary alicyclic amines) is 1. The lowest BCUT2D eigenvalue weighted by molar-refractivity contribution is 0.119. The molecule has 0 amide bonds. The quantitative estimate of drug-likeness (QED) is 0.392. The molecule has 1 aromatic rings. The Bertz CT molecular complexity index is 640. The van der Waals surface area contributed by atoms with Crippen LogP contribution < -0.4 is 10.6 Å². The van der Waals surface area contributed by atoms with Gasteiger partial charge < -0.3 is 15.5 Å². The summed E-state index contributed by atoms with van der Waals surface area (Å²) in [5.41, 5.74) is 1.79. The summed E-state index contributed by atoms with van der Waals surface area (Å²) in [6.07, 6.45) is 9.39. The first-order valence-corrected chi connectivity index (χ1v) is 9.99. The van der Waals surface area contributed by atoms with E-state index in [1.54, 1.807) is 0 Å². The summed E-state index contributed by atoms with van der Waals surface area (Å²) in [6, 6.07) is 11.2. The molecule has 0 bridgehead atoms. The highest BCUT2D eigenvalue weighted by atomic mass is 127. The number of nitrogens with zero attached hydrogens (tertiary/aromatic N) is 3. The highest BCUT2D eigenvalue weighted by molar-refractivity contribution is 14.0. The number of hydrogen-bond acceptors (Lipinski definition) is 3. The Morgan fingerprint density at radius 2 is 1.93 bits per heavy atom. The van der Waals surface area contributed by atoms with Crippen LogP contribution in [-0.2, 0) is 6.54 Å². The van der Waals surface area contributed by atoms with Gasteiger partial charge in [-0.2, -0.15) is 5.26 Å². The Balaban J connectivity index is 0.00000261. The van der Waals surface area contributed by atoms with Crippen LogP contribution in [0, 0.1) is 11.3 Å². The molecule has 1 aliphatic carbocycles. The summed E-state index contributed by atoms with van der Waals surface area (Å²) in [5.74, 6) is 0.850. The number of halogens is 1. The van der Waals surface area contributed by atoms with Crippen LogP contribution in [-0.4, -0.2) is 43.1 Å². The summed E-state index contributed by atoms with van der Waals surface area (Å²) in [7, 11) is 1.82. The lowest BCUT2D eigenvalue weighted by Gasteiger charge is -2.39. The van der Waals surface area contributed by atoms with Gasteiger partial charge in [-0.15, -0.1) is 24.0 Å². The molecule has 1 aliphatic heterocycles. The third-order valence-electron chi connectivity index (χ3n) is 5.70. The average Bonchev–Trinajstić information content (AvgIpc) is 2.72. The molecule has 0 unspecified atom stereocenters. The van der Waals surface area contributed by atoms with Gasteiger partial charge in [-0.1, -0.05) is 31.4 Å². The highest BCUT2D eigenvalue weighted by Gasteiger charge is 2.26. The highest BCUT2D eigenvalue weighted by Crippen LogP contribution is 2.25. The van der Waals surface area contributed by atoms with Crippen molar-refractivity contribution < 1.29 is 0 Å². The number of aliphatic imine (C=N–C) groups is 1. The van der Waals surface area contributed by atoms with E-state index in [4.69, 9.17) is 5.26 Å². The molecule has 2 fully saturated rings. The zero-order valence-electron chi connectivity index (χ0n) is 16.3. The number of benzene rings is 1. The minimum atomic E-state index is 0. The lowest BCUT2D eigenvalue weighted by atomic mass is 9.92. The fourth-order valence-electron chi connectivity index (χ4n) is 4.18. The average molecular weight is 481 g/mol. The molecule has 1 heterocycles. The summed E-state index contributed by atoms with van der Waals surface area (Å²) in [6.45, 7) is 3.07. The van der Waals surface area contributed by atoms with E-state index in [0.29, 0.717) is 18.2 Å². The molecule has 0 aromatic heterocycles. The second kappa shape index (κ2) is 11.5. The summed E-state index contributed by atoms with van der Waals surface area (Å²) in [5, 5.41) is 16.0. The minimum absolute atomic E-state index is 0. The zero-order valence-corrected chi connectivity index (χ0v) is 18.6. The topological polar surface area (TPSA) is 63.5 Å². The predicted molar refractivity (Wildman–Crippen MR) is 121 cm³/mol. The molecule has 6 heteroatoms. The first-order valence-electron chi connectivity index (χ1n) is 9.99. The van der Waals surface area contributed by atoms with Crippen molar-refractivity contribution in [1.82, 2.24) is 15.5 Å². The molecule has 1 aromatic carbocycles. The maximum absolute atomic E-state index is 9.01. The second-order valence-corrected chi connectivity index (χ2v) is 7.48. The minimum Gasteiger partial charge on any atom is -0.354 e. The van der Waals surface area contributed by atoms with E-state index >= 15 is 0 Å². The van der Waals surface area contributed by atoms with Gasteiger partial charge in [0.15, 0.2) is 5.96 Å². The van der Waals surface area contributed by atoms with Crippen LogP contribution in [0.5, 0.6) is 0 Å². The van der Waals surface area contributed by atoms with Crippen LogP contribution in [0.3, 0.4) is 0 Å². The Labute approximate surface area is 180 Å². The van der Waals surface area contributed by atoms with Gasteiger partial charge in [-0.3, -0.25) is 4.99 Å². The molecule has 1 saturated heterocycles. The molecular weight excluding hydrogens is 449 g/mol. The summed E-state index contributed by atoms with van der Waals surface area (Å²) >= 11 is 0. The fourth-order valence-corrected chi connectivity index (χ4v) is 4.18. The van der Waals surface area contributed by atoms with Gasteiger partial charge in [-0.05, 0) is 43.4 Å². The molecule has 0 atom stereocenters. The van der Waals surface area contributed by atoms with E-state index in [1.807, 2.05) is 31.3 Å². The van der Waals surface area contributed by atoms with Crippen LogP contribution in [0.1, 0.15) is 56.1 Å². The normalized spacial score (nSPS) is 19.8. The molecule has 1 saturated carbocycles. The van der Waals surface area contributed by atoms with Crippen LogP contribution >= 0.6 is 24.0 Å². The maximum atomic E-state index is 9.01. The van der Waals surface area contributed by atoms with Crippen molar-refractivity contribution in [3.63, 3.8) is 0 Å². The van der Waals surface area contributed by atoms with E-state index in [9.17, 15) is 0 Å². The van der Waals surface area contributed by atoms with Crippen molar-refractivity contribution in [2.24, 2.45) is 4.99 Å². The molecule has 27 heavy (non-hydrogen) atoms. The number of guanidine groups is 1. The van der Waals surface area contributed by atoms with Gasteiger partial charge in [0.25, 0.3) is 0 Å². The summed E-state index contributed by atoms with van der Waals surface area (Å²) in [4.78, 5) is 7.07. The standard InChI is InChI=1S/C21H31N5.HI/c1-23-21(24-16-18-7-5-6-17(14-18)15-22)25-19-10-12-26(13-11-19)20-8-3-2-4-9-20;/h5-7,14,19-20H,2-4,8-13,16H2,1H3,(H2,23,24,25);1H. The smallest absolute Gasteiger partial charge is 0.191 e. The Morgan fingerprint density at radius 3 is 2.59 bits per heavy atom. The van der Waals surface area contributed by atoms with Crippen molar-refractivity contribution in [1.29, 1.82) is 5.26 Å². The van der Waals surface area contributed by atoms with Crippen LogP contribution in [0.2, 0.25) is 0 Å². The molecule has 0 spiro atoms. The van der Waals surface area contributed by atoms with E-state index in [0.717, 1.165) is 17.6 Å². The summed E-state index contributed by atoms with van der Waals surface area (Å²) < 4.78 is 0. The fraction of sp³-hybridized carbons (Fsp3) is 0.619. The van der Waals surface area contributed by atoms with Gasteiger partial charge in [0.05, 0.1) is 11.6 Å². The SMILES string of the molecule is CN=C(NCc1cccc(C#N)c1)NC1CCN(C2CCCCC2)CC1.I. The molecule has 0 radical (unpaired) electrons. The third kappa shape index (κ3) is 6.65. The first-order chi connectivity index (χ1) is 12.8. The molecule has 5 nitrogen and oxygen atoms in total. The Kier molecular flexibility index (Phi) is 9.35. The van der Waals surface area contributed by atoms with Gasteiger partial charge in [0, 0.05) is 38.8 Å². The van der Waals surface area contributed by atoms with Crippen LogP contribution in [0.15, 0.2) is 29.3 Å². The third-order valence-corrected chi connectivity index (χ3v) is 5.70. The van der Waals surface area contributed by atoms with Gasteiger partial charge >= 0.3 is 0 Å². The molecule has 148 valence electrons. The molecule has 2 N–H and O–H groups in total. The lowest BCUT2D eigenvalue weighted by Crippen LogP contribution is -2.50. The van der Waals surface area contributed by atoms with Gasteiger partial charge in [0.2, 0.25) is 0 Å². The van der Waals surface area contributed by atoms with E-state index in [1.165, 1.54) is 58.0 Å². The van der Waals surface area contributed by atoms with Crippen molar-refractivity contribution in [3.8, 4) is 6.07 Å². The van der Waals surface area contributed by atoms with Gasteiger partial charge in [-0.25, -0.2) is 0 Å². The van der Waals surface area contributed by atoms with Gasteiger partial charge in [0.1, 0.15) is 0 Å². The Hall–Kier alpha value is -1.33. The van der Waals surface area contributed by atoms with E-state index < -0.39 is 0 Å². The van der Waals surface area contributed by atoms with Crippen LogP contribution in [0.4, 0.5) is 0 Å². The Morgan fingerprint density at radius 1 is 1.19 bits per heavy atom. The first kappa shape index (κ1) is 22.0. The number of hydrogen-bond donors (Lipinski definition) is 2. The number of nitrogens with one attached hydrogen (secondary N) is 2. The number of piperidine rings is 1. The zero-order chi connectivity index (χ0) is 18.2. The molecule has 3 rings (SSSR count). The van der Waals surface area contributed by atoms with E-state index in [2.05, 4.69) is 26.6 Å². The second-order valence-electron chi connectivity index (χ2n) is 7.48. The number of nitriles is 1. The molecule has 2 aliphatic rings. The monoisotopic (exact) mass is 481 g/mol. The van der Waals surface area contributed by atoms with Crippen molar-refractivity contribution >= 4 is 29.9 Å². The van der Waals surface area contributed by atoms with Crippen LogP contribution in [0.25, 0.3) is 0 Å². The number of rotatable bonds is 4. The van der Waals surface area contributed by atoms with Crippen molar-refractivity contribution in [3.05, 3.63) is 35.4 Å². The maximum Gasteiger partial charge on any atom is 0.191 e. The van der Waals surface area contributed by atoms with E-state index in [-0.39, 0.29) is 24.0 Å².